The van der Waals surface area contributed by atoms with Gasteiger partial charge in [0.25, 0.3) is 0 Å². The molecule has 1 aliphatic rings. The van der Waals surface area contributed by atoms with Crippen LogP contribution in [0.4, 0.5) is 4.39 Å². The zero-order chi connectivity index (χ0) is 13.5. The van der Waals surface area contributed by atoms with E-state index in [0.717, 1.165) is 0 Å². The molecular weight excluding hydrogens is 235 g/mol. The molecule has 0 aliphatic heterocycles. The first-order valence-corrected chi connectivity index (χ1v) is 5.83. The molecule has 1 aromatic rings. The SMILES string of the molecule is CC(C)(C)OC(=O)[C@H]1Cc2ccc(F)cc2C1=O. The smallest absolute Gasteiger partial charge is 0.317 e. The highest BCUT2D eigenvalue weighted by Gasteiger charge is 2.38. The van der Waals surface area contributed by atoms with Crippen LogP contribution >= 0.6 is 0 Å². The molecule has 3 nitrogen and oxygen atoms in total. The molecule has 0 aromatic heterocycles. The first-order valence-electron chi connectivity index (χ1n) is 5.83. The summed E-state index contributed by atoms with van der Waals surface area (Å²) >= 11 is 0. The summed E-state index contributed by atoms with van der Waals surface area (Å²) in [6.45, 7) is 5.24. The van der Waals surface area contributed by atoms with Gasteiger partial charge in [-0.1, -0.05) is 6.07 Å². The van der Waals surface area contributed by atoms with Crippen LogP contribution in [0, 0.1) is 11.7 Å². The molecule has 18 heavy (non-hydrogen) atoms. The number of carbonyl (C=O) groups is 2. The van der Waals surface area contributed by atoms with Crippen molar-refractivity contribution in [3.63, 3.8) is 0 Å². The molecule has 1 atom stereocenters. The maximum absolute atomic E-state index is 13.1. The van der Waals surface area contributed by atoms with Gasteiger partial charge in [0.1, 0.15) is 17.3 Å². The van der Waals surface area contributed by atoms with E-state index in [0.29, 0.717) is 17.5 Å². The number of esters is 1. The number of hydrogen-bond donors (Lipinski definition) is 0. The third kappa shape index (κ3) is 2.42. The fourth-order valence-corrected chi connectivity index (χ4v) is 2.02. The Morgan fingerprint density at radius 3 is 2.67 bits per heavy atom. The second-order valence-electron chi connectivity index (χ2n) is 5.46. The van der Waals surface area contributed by atoms with Gasteiger partial charge in [0.05, 0.1) is 0 Å². The van der Waals surface area contributed by atoms with Crippen LogP contribution in [0.2, 0.25) is 0 Å². The quantitative estimate of drug-likeness (QED) is 0.568. The van der Waals surface area contributed by atoms with Gasteiger partial charge in [-0.15, -0.1) is 0 Å². The van der Waals surface area contributed by atoms with Crippen molar-refractivity contribution < 1.29 is 18.7 Å². The van der Waals surface area contributed by atoms with Gasteiger partial charge in [0, 0.05) is 5.56 Å². The summed E-state index contributed by atoms with van der Waals surface area (Å²) in [7, 11) is 0. The molecule has 2 rings (SSSR count). The molecule has 96 valence electrons. The summed E-state index contributed by atoms with van der Waals surface area (Å²) in [6.07, 6.45) is 0.295. The Bertz CT molecular complexity index is 514. The Balaban J connectivity index is 2.21. The summed E-state index contributed by atoms with van der Waals surface area (Å²) in [4.78, 5) is 23.9. The van der Waals surface area contributed by atoms with Gasteiger partial charge in [-0.25, -0.2) is 4.39 Å². The van der Waals surface area contributed by atoms with Crippen molar-refractivity contribution in [2.24, 2.45) is 5.92 Å². The van der Waals surface area contributed by atoms with E-state index in [4.69, 9.17) is 4.74 Å². The molecular formula is C14H15FO3. The summed E-state index contributed by atoms with van der Waals surface area (Å²) in [5.41, 5.74) is 0.375. The van der Waals surface area contributed by atoms with E-state index in [1.165, 1.54) is 12.1 Å². The number of rotatable bonds is 1. The topological polar surface area (TPSA) is 43.4 Å². The molecule has 1 aliphatic carbocycles. The highest BCUT2D eigenvalue weighted by molar-refractivity contribution is 6.12. The summed E-state index contributed by atoms with van der Waals surface area (Å²) in [6, 6.07) is 4.03. The molecule has 0 radical (unpaired) electrons. The summed E-state index contributed by atoms with van der Waals surface area (Å²) in [5, 5.41) is 0. The molecule has 0 unspecified atom stereocenters. The van der Waals surface area contributed by atoms with Crippen LogP contribution in [-0.2, 0) is 16.0 Å². The standard InChI is InChI=1S/C14H15FO3/c1-14(2,3)18-13(17)11-6-8-4-5-9(15)7-10(8)12(11)16/h4-5,7,11H,6H2,1-3H3/t11-/m0/s1. The Morgan fingerprint density at radius 1 is 1.39 bits per heavy atom. The van der Waals surface area contributed by atoms with Gasteiger partial charge in [-0.05, 0) is 44.9 Å². The van der Waals surface area contributed by atoms with Crippen LogP contribution < -0.4 is 0 Å². The second kappa shape index (κ2) is 4.19. The molecule has 0 heterocycles. The van der Waals surface area contributed by atoms with Gasteiger partial charge in [-0.3, -0.25) is 9.59 Å². The minimum atomic E-state index is -0.832. The van der Waals surface area contributed by atoms with Crippen LogP contribution in [-0.4, -0.2) is 17.4 Å². The van der Waals surface area contributed by atoms with Crippen molar-refractivity contribution in [3.8, 4) is 0 Å². The highest BCUT2D eigenvalue weighted by atomic mass is 19.1. The van der Waals surface area contributed by atoms with Gasteiger partial charge in [0.2, 0.25) is 0 Å². The molecule has 0 saturated carbocycles. The van der Waals surface area contributed by atoms with Gasteiger partial charge >= 0.3 is 5.97 Å². The van der Waals surface area contributed by atoms with Crippen molar-refractivity contribution in [2.75, 3.05) is 0 Å². The number of fused-ring (bicyclic) bond motifs is 1. The molecule has 0 saturated heterocycles. The maximum atomic E-state index is 13.1. The molecule has 0 N–H and O–H groups in total. The Hall–Kier alpha value is -1.71. The van der Waals surface area contributed by atoms with Gasteiger partial charge < -0.3 is 4.74 Å². The lowest BCUT2D eigenvalue weighted by Crippen LogP contribution is -2.31. The van der Waals surface area contributed by atoms with Crippen molar-refractivity contribution >= 4 is 11.8 Å². The van der Waals surface area contributed by atoms with E-state index < -0.39 is 23.3 Å². The second-order valence-corrected chi connectivity index (χ2v) is 5.46. The first kappa shape index (κ1) is 12.7. The fraction of sp³-hybridized carbons (Fsp3) is 0.429. The maximum Gasteiger partial charge on any atom is 0.317 e. The molecule has 0 spiro atoms. The highest BCUT2D eigenvalue weighted by Crippen LogP contribution is 2.29. The van der Waals surface area contributed by atoms with Crippen LogP contribution in [0.5, 0.6) is 0 Å². The monoisotopic (exact) mass is 250 g/mol. The molecule has 1 aromatic carbocycles. The van der Waals surface area contributed by atoms with E-state index in [1.807, 2.05) is 0 Å². The van der Waals surface area contributed by atoms with E-state index >= 15 is 0 Å². The van der Waals surface area contributed by atoms with Crippen molar-refractivity contribution in [2.45, 2.75) is 32.8 Å². The first-order chi connectivity index (χ1) is 8.28. The lowest BCUT2D eigenvalue weighted by Gasteiger charge is -2.21. The predicted molar refractivity (Wildman–Crippen MR) is 63.8 cm³/mol. The zero-order valence-electron chi connectivity index (χ0n) is 10.6. The molecule has 0 fully saturated rings. The minimum absolute atomic E-state index is 0.295. The lowest BCUT2D eigenvalue weighted by atomic mass is 10.1. The summed E-state index contributed by atoms with van der Waals surface area (Å²) in [5.74, 6) is -2.18. The molecule has 4 heteroatoms. The van der Waals surface area contributed by atoms with Gasteiger partial charge in [0.15, 0.2) is 5.78 Å². The number of ether oxygens (including phenoxy) is 1. The van der Waals surface area contributed by atoms with Crippen LogP contribution in [0.15, 0.2) is 18.2 Å². The Labute approximate surface area is 105 Å². The van der Waals surface area contributed by atoms with E-state index in [1.54, 1.807) is 26.8 Å². The average molecular weight is 250 g/mol. The lowest BCUT2D eigenvalue weighted by molar-refractivity contribution is -0.157. The van der Waals surface area contributed by atoms with Crippen LogP contribution in [0.1, 0.15) is 36.7 Å². The number of Topliss-reactive ketones (excluding diaryl/α,β-unsaturated/α-hetero) is 1. The normalized spacial score (nSPS) is 18.7. The van der Waals surface area contributed by atoms with Crippen molar-refractivity contribution in [1.82, 2.24) is 0 Å². The number of hydrogen-bond acceptors (Lipinski definition) is 3. The summed E-state index contributed by atoms with van der Waals surface area (Å²) < 4.78 is 18.3. The number of carbonyl (C=O) groups excluding carboxylic acids is 2. The number of benzene rings is 1. The fourth-order valence-electron chi connectivity index (χ4n) is 2.02. The Kier molecular flexibility index (Phi) is 2.97. The third-order valence-corrected chi connectivity index (χ3v) is 2.77. The van der Waals surface area contributed by atoms with Crippen LogP contribution in [0.25, 0.3) is 0 Å². The van der Waals surface area contributed by atoms with E-state index in [9.17, 15) is 14.0 Å². The zero-order valence-corrected chi connectivity index (χ0v) is 10.6. The average Bonchev–Trinajstić information content (AvgIpc) is 2.54. The van der Waals surface area contributed by atoms with E-state index in [2.05, 4.69) is 0 Å². The number of halogens is 1. The molecule has 0 amide bonds. The predicted octanol–water partition coefficient (Wildman–Crippen LogP) is 2.52. The van der Waals surface area contributed by atoms with E-state index in [-0.39, 0.29) is 5.78 Å². The number of ketones is 1. The Morgan fingerprint density at radius 2 is 2.06 bits per heavy atom. The largest absolute Gasteiger partial charge is 0.459 e. The third-order valence-electron chi connectivity index (χ3n) is 2.77. The minimum Gasteiger partial charge on any atom is -0.459 e. The molecule has 0 bridgehead atoms. The van der Waals surface area contributed by atoms with Crippen molar-refractivity contribution in [1.29, 1.82) is 0 Å². The van der Waals surface area contributed by atoms with Crippen LogP contribution in [0.3, 0.4) is 0 Å². The van der Waals surface area contributed by atoms with Gasteiger partial charge in [-0.2, -0.15) is 0 Å². The van der Waals surface area contributed by atoms with Crippen molar-refractivity contribution in [3.05, 3.63) is 35.1 Å².